The van der Waals surface area contributed by atoms with E-state index < -0.39 is 0 Å². The van der Waals surface area contributed by atoms with Crippen molar-refractivity contribution >= 4 is 0 Å². The minimum Gasteiger partial charge on any atom is -0.373 e. The summed E-state index contributed by atoms with van der Waals surface area (Å²) in [5.74, 6) is 0. The van der Waals surface area contributed by atoms with Crippen molar-refractivity contribution in [3.8, 4) is 0 Å². The van der Waals surface area contributed by atoms with E-state index in [-0.39, 0.29) is 0 Å². The van der Waals surface area contributed by atoms with E-state index in [1.165, 1.54) is 109 Å². The topological polar surface area (TPSA) is 15.3 Å². The Hall–Kier alpha value is -0.660. The molecule has 1 aliphatic rings. The molecule has 0 aliphatic carbocycles. The third kappa shape index (κ3) is 13.5. The van der Waals surface area contributed by atoms with E-state index in [0.717, 1.165) is 6.67 Å². The SMILES string of the molecule is CCCCCCCCCCCCCCCCCCN1C=CNC1. The second kappa shape index (κ2) is 16.2. The molecule has 0 fully saturated rings. The van der Waals surface area contributed by atoms with Gasteiger partial charge in [-0.1, -0.05) is 103 Å². The lowest BCUT2D eigenvalue weighted by molar-refractivity contribution is 0.375. The van der Waals surface area contributed by atoms with Gasteiger partial charge in [-0.15, -0.1) is 0 Å². The fourth-order valence-electron chi connectivity index (χ4n) is 3.40. The van der Waals surface area contributed by atoms with Crippen molar-refractivity contribution in [2.24, 2.45) is 0 Å². The lowest BCUT2D eigenvalue weighted by Crippen LogP contribution is -2.21. The zero-order chi connectivity index (χ0) is 16.4. The fraction of sp³-hybridized carbons (Fsp3) is 0.905. The molecule has 0 amide bonds. The second-order valence-electron chi connectivity index (χ2n) is 7.29. The summed E-state index contributed by atoms with van der Waals surface area (Å²) in [6, 6.07) is 0. The van der Waals surface area contributed by atoms with Crippen LogP contribution in [0.3, 0.4) is 0 Å². The van der Waals surface area contributed by atoms with E-state index in [2.05, 4.69) is 23.3 Å². The minimum absolute atomic E-state index is 1.01. The van der Waals surface area contributed by atoms with E-state index in [1.54, 1.807) is 0 Å². The molecule has 0 spiro atoms. The number of hydrogen-bond acceptors (Lipinski definition) is 2. The van der Waals surface area contributed by atoms with Crippen LogP contribution in [0.5, 0.6) is 0 Å². The van der Waals surface area contributed by atoms with Gasteiger partial charge in [-0.05, 0) is 6.42 Å². The van der Waals surface area contributed by atoms with Crippen LogP contribution in [-0.2, 0) is 0 Å². The van der Waals surface area contributed by atoms with Crippen molar-refractivity contribution in [1.29, 1.82) is 0 Å². The van der Waals surface area contributed by atoms with Crippen LogP contribution >= 0.6 is 0 Å². The first-order chi connectivity index (χ1) is 11.4. The number of rotatable bonds is 17. The van der Waals surface area contributed by atoms with Crippen molar-refractivity contribution in [2.45, 2.75) is 110 Å². The molecule has 0 radical (unpaired) electrons. The lowest BCUT2D eigenvalue weighted by Gasteiger charge is -2.13. The third-order valence-corrected chi connectivity index (χ3v) is 5.00. The molecule has 23 heavy (non-hydrogen) atoms. The standard InChI is InChI=1S/C21H42N2/c1-2-3-4-5-6-7-8-9-10-11-12-13-14-15-16-17-19-23-20-18-22-21-23/h18,20,22H,2-17,19,21H2,1H3. The van der Waals surface area contributed by atoms with Crippen LogP contribution in [0.4, 0.5) is 0 Å². The molecular formula is C21H42N2. The van der Waals surface area contributed by atoms with Gasteiger partial charge >= 0.3 is 0 Å². The molecule has 0 aromatic carbocycles. The first-order valence-corrected chi connectivity index (χ1v) is 10.6. The molecule has 1 heterocycles. The Balaban J connectivity index is 1.64. The van der Waals surface area contributed by atoms with Gasteiger partial charge in [0.15, 0.2) is 0 Å². The summed E-state index contributed by atoms with van der Waals surface area (Å²) in [5, 5.41) is 3.22. The molecule has 0 atom stereocenters. The van der Waals surface area contributed by atoms with Crippen LogP contribution in [0, 0.1) is 0 Å². The van der Waals surface area contributed by atoms with Crippen molar-refractivity contribution in [1.82, 2.24) is 10.2 Å². The lowest BCUT2D eigenvalue weighted by atomic mass is 10.0. The molecule has 0 aromatic heterocycles. The van der Waals surface area contributed by atoms with Gasteiger partial charge in [0.1, 0.15) is 0 Å². The van der Waals surface area contributed by atoms with Crippen LogP contribution in [0.25, 0.3) is 0 Å². The van der Waals surface area contributed by atoms with E-state index in [9.17, 15) is 0 Å². The Morgan fingerprint density at radius 2 is 1.09 bits per heavy atom. The highest BCUT2D eigenvalue weighted by Gasteiger charge is 2.01. The van der Waals surface area contributed by atoms with Gasteiger partial charge in [0.25, 0.3) is 0 Å². The maximum absolute atomic E-state index is 3.22. The predicted molar refractivity (Wildman–Crippen MR) is 103 cm³/mol. The summed E-state index contributed by atoms with van der Waals surface area (Å²) >= 11 is 0. The Kier molecular flexibility index (Phi) is 14.4. The monoisotopic (exact) mass is 322 g/mol. The molecular weight excluding hydrogens is 280 g/mol. The van der Waals surface area contributed by atoms with Gasteiger partial charge in [0.05, 0.1) is 6.67 Å². The Morgan fingerprint density at radius 3 is 1.48 bits per heavy atom. The summed E-state index contributed by atoms with van der Waals surface area (Å²) in [6.45, 7) is 4.53. The zero-order valence-electron chi connectivity index (χ0n) is 15.8. The van der Waals surface area contributed by atoms with Crippen molar-refractivity contribution in [3.05, 3.63) is 12.4 Å². The van der Waals surface area contributed by atoms with Crippen LogP contribution in [0.2, 0.25) is 0 Å². The predicted octanol–water partition coefficient (Wildman–Crippen LogP) is 6.58. The molecule has 136 valence electrons. The quantitative estimate of drug-likeness (QED) is 0.304. The van der Waals surface area contributed by atoms with Gasteiger partial charge in [-0.25, -0.2) is 0 Å². The molecule has 1 rings (SSSR count). The average molecular weight is 323 g/mol. The smallest absolute Gasteiger partial charge is 0.0867 e. The first kappa shape index (κ1) is 20.4. The Bertz CT molecular complexity index is 263. The van der Waals surface area contributed by atoms with E-state index >= 15 is 0 Å². The van der Waals surface area contributed by atoms with Gasteiger partial charge in [-0.2, -0.15) is 0 Å². The van der Waals surface area contributed by atoms with E-state index in [0.29, 0.717) is 0 Å². The number of unbranched alkanes of at least 4 members (excludes halogenated alkanes) is 15. The minimum atomic E-state index is 1.01. The van der Waals surface area contributed by atoms with Crippen molar-refractivity contribution in [3.63, 3.8) is 0 Å². The molecule has 0 unspecified atom stereocenters. The summed E-state index contributed by atoms with van der Waals surface area (Å²) in [4.78, 5) is 2.36. The molecule has 0 aromatic rings. The Labute approximate surface area is 146 Å². The number of nitrogens with one attached hydrogen (secondary N) is 1. The number of hydrogen-bond donors (Lipinski definition) is 1. The van der Waals surface area contributed by atoms with Gasteiger partial charge < -0.3 is 10.2 Å². The fourth-order valence-corrected chi connectivity index (χ4v) is 3.40. The van der Waals surface area contributed by atoms with Gasteiger partial charge in [0.2, 0.25) is 0 Å². The molecule has 1 N–H and O–H groups in total. The van der Waals surface area contributed by atoms with Crippen LogP contribution in [-0.4, -0.2) is 18.1 Å². The molecule has 0 saturated heterocycles. The molecule has 0 saturated carbocycles. The zero-order valence-corrected chi connectivity index (χ0v) is 15.8. The summed E-state index contributed by atoms with van der Waals surface area (Å²) in [6.07, 6.45) is 27.4. The van der Waals surface area contributed by atoms with E-state index in [4.69, 9.17) is 0 Å². The third-order valence-electron chi connectivity index (χ3n) is 5.00. The van der Waals surface area contributed by atoms with E-state index in [1.807, 2.05) is 6.20 Å². The summed E-state index contributed by atoms with van der Waals surface area (Å²) < 4.78 is 0. The molecule has 2 nitrogen and oxygen atoms in total. The molecule has 2 heteroatoms. The van der Waals surface area contributed by atoms with Gasteiger partial charge in [-0.3, -0.25) is 0 Å². The van der Waals surface area contributed by atoms with Crippen molar-refractivity contribution in [2.75, 3.05) is 13.2 Å². The van der Waals surface area contributed by atoms with Crippen LogP contribution < -0.4 is 5.32 Å². The highest BCUT2D eigenvalue weighted by molar-refractivity contribution is 4.86. The Morgan fingerprint density at radius 1 is 0.652 bits per heavy atom. The molecule has 1 aliphatic heterocycles. The highest BCUT2D eigenvalue weighted by Crippen LogP contribution is 2.13. The maximum atomic E-state index is 3.22. The first-order valence-electron chi connectivity index (χ1n) is 10.6. The summed E-state index contributed by atoms with van der Waals surface area (Å²) in [5.41, 5.74) is 0. The maximum Gasteiger partial charge on any atom is 0.0867 e. The van der Waals surface area contributed by atoms with Crippen molar-refractivity contribution < 1.29 is 0 Å². The van der Waals surface area contributed by atoms with Crippen LogP contribution in [0.1, 0.15) is 110 Å². The second-order valence-corrected chi connectivity index (χ2v) is 7.29. The van der Waals surface area contributed by atoms with Gasteiger partial charge in [0, 0.05) is 18.9 Å². The average Bonchev–Trinajstić information content (AvgIpc) is 3.08. The normalized spacial score (nSPS) is 13.7. The largest absolute Gasteiger partial charge is 0.373 e. The highest BCUT2D eigenvalue weighted by atomic mass is 15.2. The van der Waals surface area contributed by atoms with Crippen LogP contribution in [0.15, 0.2) is 12.4 Å². The molecule has 0 bridgehead atoms. The number of nitrogens with zero attached hydrogens (tertiary/aromatic N) is 1. The summed E-state index contributed by atoms with van der Waals surface area (Å²) in [7, 11) is 0.